The molecule has 1 atom stereocenters. The molecule has 0 aromatic heterocycles. The van der Waals surface area contributed by atoms with Gasteiger partial charge < -0.3 is 19.7 Å². The lowest BCUT2D eigenvalue weighted by molar-refractivity contribution is -0.129. The Bertz CT molecular complexity index is 900. The van der Waals surface area contributed by atoms with Gasteiger partial charge in [-0.25, -0.2) is 0 Å². The van der Waals surface area contributed by atoms with Crippen LogP contribution in [0.2, 0.25) is 0 Å². The van der Waals surface area contributed by atoms with Crippen molar-refractivity contribution in [1.82, 2.24) is 4.90 Å². The third kappa shape index (κ3) is 4.67. The monoisotopic (exact) mass is 412 g/mol. The van der Waals surface area contributed by atoms with E-state index in [1.54, 1.807) is 0 Å². The molecule has 0 radical (unpaired) electrons. The molecule has 0 saturated carbocycles. The zero-order chi connectivity index (χ0) is 20.2. The number of hydrogen-bond acceptors (Lipinski definition) is 5. The predicted octanol–water partition coefficient (Wildman–Crippen LogP) is 3.87. The predicted molar refractivity (Wildman–Crippen MR) is 113 cm³/mol. The number of ether oxygens (including phenoxy) is 2. The van der Waals surface area contributed by atoms with Crippen LogP contribution in [-0.4, -0.2) is 42.2 Å². The number of benzene rings is 2. The number of hydrogen-bond donors (Lipinski definition) is 1. The Kier molecular flexibility index (Phi) is 5.94. The van der Waals surface area contributed by atoms with E-state index in [4.69, 9.17) is 9.47 Å². The third-order valence-corrected chi connectivity index (χ3v) is 6.06. The van der Waals surface area contributed by atoms with Crippen LogP contribution < -0.4 is 14.8 Å². The number of carbonyl (C=O) groups excluding carboxylic acids is 2. The number of amides is 2. The molecule has 2 aliphatic heterocycles. The van der Waals surface area contributed by atoms with E-state index in [1.807, 2.05) is 47.4 Å². The zero-order valence-electron chi connectivity index (χ0n) is 16.3. The molecule has 152 valence electrons. The fourth-order valence-corrected chi connectivity index (χ4v) is 4.53. The first-order chi connectivity index (χ1) is 14.1. The van der Waals surface area contributed by atoms with E-state index in [1.165, 1.54) is 18.7 Å². The van der Waals surface area contributed by atoms with Gasteiger partial charge in [-0.3, -0.25) is 9.59 Å². The molecular formula is C22H24N2O4S. The molecule has 2 heterocycles. The Morgan fingerprint density at radius 2 is 1.86 bits per heavy atom. The van der Waals surface area contributed by atoms with E-state index in [9.17, 15) is 9.59 Å². The molecule has 0 spiro atoms. The van der Waals surface area contributed by atoms with Gasteiger partial charge in [-0.2, -0.15) is 0 Å². The minimum absolute atomic E-state index is 0.0843. The van der Waals surface area contributed by atoms with Crippen LogP contribution in [0.3, 0.4) is 0 Å². The minimum Gasteiger partial charge on any atom is -0.486 e. The van der Waals surface area contributed by atoms with Crippen molar-refractivity contribution < 1.29 is 19.1 Å². The van der Waals surface area contributed by atoms with Crippen molar-refractivity contribution in [2.24, 2.45) is 0 Å². The highest BCUT2D eigenvalue weighted by Gasteiger charge is 2.30. The van der Waals surface area contributed by atoms with Crippen LogP contribution in [0, 0.1) is 0 Å². The first-order valence-electron chi connectivity index (χ1n) is 9.79. The molecule has 2 amide bonds. The lowest BCUT2D eigenvalue weighted by Gasteiger charge is -2.26. The summed E-state index contributed by atoms with van der Waals surface area (Å²) in [7, 11) is 0. The average molecular weight is 413 g/mol. The molecule has 1 unspecified atom stereocenters. The highest BCUT2D eigenvalue weighted by atomic mass is 32.2. The average Bonchev–Trinajstić information content (AvgIpc) is 3.22. The summed E-state index contributed by atoms with van der Waals surface area (Å²) in [5, 5.41) is 2.74. The van der Waals surface area contributed by atoms with Gasteiger partial charge in [-0.05, 0) is 54.8 Å². The van der Waals surface area contributed by atoms with Gasteiger partial charge in [0.05, 0.1) is 11.8 Å². The number of nitrogens with zero attached hydrogens (tertiary/aromatic N) is 1. The largest absolute Gasteiger partial charge is 0.486 e. The minimum atomic E-state index is -0.0974. The van der Waals surface area contributed by atoms with Crippen LogP contribution in [0.25, 0.3) is 0 Å². The van der Waals surface area contributed by atoms with Gasteiger partial charge in [0.2, 0.25) is 11.8 Å². The molecule has 29 heavy (non-hydrogen) atoms. The third-order valence-electron chi connectivity index (χ3n) is 5.06. The topological polar surface area (TPSA) is 67.9 Å². The van der Waals surface area contributed by atoms with Gasteiger partial charge >= 0.3 is 0 Å². The molecule has 0 aliphatic carbocycles. The number of carbonyl (C=O) groups is 2. The molecule has 2 aliphatic rings. The molecule has 6 nitrogen and oxygen atoms in total. The van der Waals surface area contributed by atoms with Crippen molar-refractivity contribution in [2.75, 3.05) is 30.8 Å². The molecular weight excluding hydrogens is 388 g/mol. The molecule has 1 saturated heterocycles. The summed E-state index contributed by atoms with van der Waals surface area (Å²) >= 11 is 1.51. The Hall–Kier alpha value is -2.67. The van der Waals surface area contributed by atoms with Crippen LogP contribution in [0.4, 0.5) is 5.69 Å². The van der Waals surface area contributed by atoms with Crippen molar-refractivity contribution in [3.05, 3.63) is 48.0 Å². The first-order valence-corrected chi connectivity index (χ1v) is 10.8. The van der Waals surface area contributed by atoms with Crippen molar-refractivity contribution in [2.45, 2.75) is 30.7 Å². The number of nitrogens with one attached hydrogen (secondary N) is 1. The highest BCUT2D eigenvalue weighted by molar-refractivity contribution is 8.00. The van der Waals surface area contributed by atoms with Crippen molar-refractivity contribution in [1.29, 1.82) is 0 Å². The van der Waals surface area contributed by atoms with Gasteiger partial charge in [0.25, 0.3) is 0 Å². The lowest BCUT2D eigenvalue weighted by atomic mass is 10.0. The maximum Gasteiger partial charge on any atom is 0.233 e. The fourth-order valence-electron chi connectivity index (χ4n) is 3.74. The summed E-state index contributed by atoms with van der Waals surface area (Å²) in [6.07, 6.45) is 1.96. The molecule has 0 bridgehead atoms. The molecule has 2 aromatic rings. The number of thioether (sulfide) groups is 1. The van der Waals surface area contributed by atoms with Gasteiger partial charge in [-0.15, -0.1) is 11.8 Å². The summed E-state index contributed by atoms with van der Waals surface area (Å²) in [6, 6.07) is 13.6. The molecule has 7 heteroatoms. The quantitative estimate of drug-likeness (QED) is 0.755. The lowest BCUT2D eigenvalue weighted by Crippen LogP contribution is -2.32. The van der Waals surface area contributed by atoms with Crippen molar-refractivity contribution in [3.63, 3.8) is 0 Å². The van der Waals surface area contributed by atoms with Crippen LogP contribution in [0.15, 0.2) is 47.4 Å². The van der Waals surface area contributed by atoms with Crippen LogP contribution in [0.1, 0.15) is 31.4 Å². The standard InChI is InChI=1S/C22H24N2O4S/c1-15(25)23-17-5-7-18(8-6-17)29-14-22(26)24-10-2-3-19(24)16-4-9-20-21(13-16)28-12-11-27-20/h4-9,13,19H,2-3,10-12,14H2,1H3,(H,23,25). The molecule has 1 N–H and O–H groups in total. The second-order valence-electron chi connectivity index (χ2n) is 7.14. The van der Waals surface area contributed by atoms with Crippen LogP contribution in [-0.2, 0) is 9.59 Å². The summed E-state index contributed by atoms with van der Waals surface area (Å²) in [6.45, 7) is 3.39. The second kappa shape index (κ2) is 8.78. The van der Waals surface area contributed by atoms with E-state index in [0.29, 0.717) is 19.0 Å². The van der Waals surface area contributed by atoms with E-state index in [-0.39, 0.29) is 17.9 Å². The Balaban J connectivity index is 1.38. The fraction of sp³-hybridized carbons (Fsp3) is 0.364. The van der Waals surface area contributed by atoms with Crippen molar-refractivity contribution in [3.8, 4) is 11.5 Å². The number of rotatable bonds is 5. The second-order valence-corrected chi connectivity index (χ2v) is 8.19. The first kappa shape index (κ1) is 19.6. The van der Waals surface area contributed by atoms with Gasteiger partial charge in [0.1, 0.15) is 13.2 Å². The van der Waals surface area contributed by atoms with E-state index in [0.717, 1.165) is 47.0 Å². The van der Waals surface area contributed by atoms with Crippen molar-refractivity contribution >= 4 is 29.3 Å². The smallest absolute Gasteiger partial charge is 0.233 e. The molecule has 2 aromatic carbocycles. The Morgan fingerprint density at radius 1 is 1.10 bits per heavy atom. The van der Waals surface area contributed by atoms with Crippen LogP contribution >= 0.6 is 11.8 Å². The summed E-state index contributed by atoms with van der Waals surface area (Å²) in [4.78, 5) is 27.0. The van der Waals surface area contributed by atoms with Gasteiger partial charge in [0.15, 0.2) is 11.5 Å². The Labute approximate surface area is 174 Å². The summed E-state index contributed by atoms with van der Waals surface area (Å²) < 4.78 is 11.3. The maximum atomic E-state index is 12.9. The summed E-state index contributed by atoms with van der Waals surface area (Å²) in [5.74, 6) is 1.97. The SMILES string of the molecule is CC(=O)Nc1ccc(SCC(=O)N2CCCC2c2ccc3c(c2)OCCO3)cc1. The number of fused-ring (bicyclic) bond motifs is 1. The number of likely N-dealkylation sites (tertiary alicyclic amines) is 1. The zero-order valence-corrected chi connectivity index (χ0v) is 17.2. The number of anilines is 1. The van der Waals surface area contributed by atoms with Gasteiger partial charge in [0, 0.05) is 24.1 Å². The highest BCUT2D eigenvalue weighted by Crippen LogP contribution is 2.38. The molecule has 4 rings (SSSR count). The normalized spacial score (nSPS) is 17.8. The van der Waals surface area contributed by atoms with E-state index < -0.39 is 0 Å². The van der Waals surface area contributed by atoms with E-state index in [2.05, 4.69) is 5.32 Å². The van der Waals surface area contributed by atoms with E-state index >= 15 is 0 Å². The Morgan fingerprint density at radius 3 is 2.62 bits per heavy atom. The summed E-state index contributed by atoms with van der Waals surface area (Å²) in [5.41, 5.74) is 1.86. The van der Waals surface area contributed by atoms with Gasteiger partial charge in [-0.1, -0.05) is 6.07 Å². The van der Waals surface area contributed by atoms with Crippen LogP contribution in [0.5, 0.6) is 11.5 Å². The molecule has 1 fully saturated rings. The maximum absolute atomic E-state index is 12.9.